The van der Waals surface area contributed by atoms with E-state index < -0.39 is 0 Å². The summed E-state index contributed by atoms with van der Waals surface area (Å²) >= 11 is 3.57. The van der Waals surface area contributed by atoms with Gasteiger partial charge in [-0.25, -0.2) is 0 Å². The summed E-state index contributed by atoms with van der Waals surface area (Å²) in [6.07, 6.45) is 0. The highest BCUT2D eigenvalue weighted by Gasteiger charge is 2.18. The number of ether oxygens (including phenoxy) is 4. The van der Waals surface area contributed by atoms with Gasteiger partial charge in [0.2, 0.25) is 6.79 Å². The number of fused-ring (bicyclic) bond motifs is 1. The fourth-order valence-corrected chi connectivity index (χ4v) is 3.20. The van der Waals surface area contributed by atoms with Crippen molar-refractivity contribution in [2.24, 2.45) is 0 Å². The van der Waals surface area contributed by atoms with Gasteiger partial charge in [0.15, 0.2) is 23.0 Å². The van der Waals surface area contributed by atoms with Crippen molar-refractivity contribution in [3.8, 4) is 23.0 Å². The van der Waals surface area contributed by atoms with E-state index in [4.69, 9.17) is 18.9 Å². The van der Waals surface area contributed by atoms with Crippen molar-refractivity contribution < 1.29 is 24.1 Å². The standard InChI is InChI=1S/C20H24BrNO5.ClH/c1-20(2,11-23)22-9-14-6-15(21)19(18(8-14)24-3)25-10-13-4-5-16-17(7-13)27-12-26-16;/h4-8,22-23H,9-12H2,1-3H3;1H. The van der Waals surface area contributed by atoms with Crippen LogP contribution in [-0.4, -0.2) is 31.2 Å². The van der Waals surface area contributed by atoms with Gasteiger partial charge < -0.3 is 29.4 Å². The predicted octanol–water partition coefficient (Wildman–Crippen LogP) is 4.05. The Morgan fingerprint density at radius 1 is 1.14 bits per heavy atom. The van der Waals surface area contributed by atoms with Crippen LogP contribution >= 0.6 is 28.3 Å². The normalized spacial score (nSPS) is 12.5. The van der Waals surface area contributed by atoms with Gasteiger partial charge in [0.25, 0.3) is 0 Å². The van der Waals surface area contributed by atoms with Gasteiger partial charge in [-0.2, -0.15) is 0 Å². The average Bonchev–Trinajstić information content (AvgIpc) is 3.13. The maximum atomic E-state index is 9.37. The summed E-state index contributed by atoms with van der Waals surface area (Å²) in [5, 5.41) is 12.7. The molecule has 2 N–H and O–H groups in total. The fourth-order valence-electron chi connectivity index (χ4n) is 2.60. The predicted molar refractivity (Wildman–Crippen MR) is 113 cm³/mol. The summed E-state index contributed by atoms with van der Waals surface area (Å²) in [6.45, 7) is 5.18. The molecule has 0 aliphatic carbocycles. The molecule has 154 valence electrons. The van der Waals surface area contributed by atoms with Crippen molar-refractivity contribution in [1.82, 2.24) is 5.32 Å². The van der Waals surface area contributed by atoms with Crippen molar-refractivity contribution in [1.29, 1.82) is 0 Å². The zero-order valence-corrected chi connectivity index (χ0v) is 18.5. The van der Waals surface area contributed by atoms with Crippen LogP contribution in [0.25, 0.3) is 0 Å². The van der Waals surface area contributed by atoms with Crippen LogP contribution in [0.3, 0.4) is 0 Å². The second-order valence-corrected chi connectivity index (χ2v) is 7.84. The minimum absolute atomic E-state index is 0. The molecule has 0 atom stereocenters. The summed E-state index contributed by atoms with van der Waals surface area (Å²) in [5.74, 6) is 2.76. The molecule has 2 aromatic rings. The number of rotatable bonds is 8. The third-order valence-corrected chi connectivity index (χ3v) is 4.86. The number of aliphatic hydroxyl groups excluding tert-OH is 1. The zero-order chi connectivity index (χ0) is 19.4. The van der Waals surface area contributed by atoms with E-state index in [1.54, 1.807) is 7.11 Å². The third-order valence-electron chi connectivity index (χ3n) is 4.28. The molecule has 0 fully saturated rings. The molecule has 1 aliphatic heterocycles. The first-order valence-electron chi connectivity index (χ1n) is 8.65. The molecule has 0 saturated carbocycles. The molecule has 1 heterocycles. The van der Waals surface area contributed by atoms with Gasteiger partial charge in [-0.3, -0.25) is 0 Å². The number of methoxy groups -OCH3 is 1. The largest absolute Gasteiger partial charge is 0.493 e. The van der Waals surface area contributed by atoms with E-state index in [0.717, 1.165) is 27.1 Å². The van der Waals surface area contributed by atoms with Crippen molar-refractivity contribution >= 4 is 28.3 Å². The molecule has 0 aromatic heterocycles. The highest BCUT2D eigenvalue weighted by molar-refractivity contribution is 9.10. The van der Waals surface area contributed by atoms with Crippen LogP contribution in [0.15, 0.2) is 34.8 Å². The Hall–Kier alpha value is -1.67. The molecule has 0 amide bonds. The van der Waals surface area contributed by atoms with Crippen molar-refractivity contribution in [3.05, 3.63) is 45.9 Å². The van der Waals surface area contributed by atoms with E-state index in [-0.39, 0.29) is 31.3 Å². The Morgan fingerprint density at radius 2 is 1.89 bits per heavy atom. The summed E-state index contributed by atoms with van der Waals surface area (Å²) in [6, 6.07) is 9.66. The van der Waals surface area contributed by atoms with Crippen LogP contribution in [0.4, 0.5) is 0 Å². The summed E-state index contributed by atoms with van der Waals surface area (Å²) in [7, 11) is 1.62. The van der Waals surface area contributed by atoms with E-state index in [2.05, 4.69) is 21.2 Å². The number of hydrogen-bond donors (Lipinski definition) is 2. The number of hydrogen-bond acceptors (Lipinski definition) is 6. The van der Waals surface area contributed by atoms with Crippen LogP contribution in [0, 0.1) is 0 Å². The monoisotopic (exact) mass is 473 g/mol. The highest BCUT2D eigenvalue weighted by Crippen LogP contribution is 2.38. The Bertz CT molecular complexity index is 815. The van der Waals surface area contributed by atoms with Crippen LogP contribution in [0.5, 0.6) is 23.0 Å². The minimum atomic E-state index is -0.353. The lowest BCUT2D eigenvalue weighted by atomic mass is 10.1. The van der Waals surface area contributed by atoms with Crippen molar-refractivity contribution in [2.45, 2.75) is 32.5 Å². The summed E-state index contributed by atoms with van der Waals surface area (Å²) in [5.41, 5.74) is 1.65. The second-order valence-electron chi connectivity index (χ2n) is 6.98. The molecule has 0 spiro atoms. The molecule has 0 bridgehead atoms. The average molecular weight is 475 g/mol. The van der Waals surface area contributed by atoms with Gasteiger partial charge in [-0.15, -0.1) is 12.4 Å². The maximum absolute atomic E-state index is 9.37. The smallest absolute Gasteiger partial charge is 0.231 e. The van der Waals surface area contributed by atoms with Gasteiger partial charge >= 0.3 is 0 Å². The Morgan fingerprint density at radius 3 is 2.61 bits per heavy atom. The highest BCUT2D eigenvalue weighted by atomic mass is 79.9. The molecule has 0 unspecified atom stereocenters. The van der Waals surface area contributed by atoms with Crippen LogP contribution in [-0.2, 0) is 13.2 Å². The molecule has 1 aliphatic rings. The summed E-state index contributed by atoms with van der Waals surface area (Å²) < 4.78 is 23.0. The quantitative estimate of drug-likeness (QED) is 0.602. The Balaban J connectivity index is 0.00000280. The van der Waals surface area contributed by atoms with Gasteiger partial charge in [-0.05, 0) is 65.2 Å². The van der Waals surface area contributed by atoms with E-state index in [9.17, 15) is 5.11 Å². The second kappa shape index (κ2) is 9.69. The van der Waals surface area contributed by atoms with Gasteiger partial charge in [0.1, 0.15) is 6.61 Å². The number of aliphatic hydroxyl groups is 1. The molecule has 0 radical (unpaired) electrons. The molecule has 28 heavy (non-hydrogen) atoms. The molecule has 2 aromatic carbocycles. The van der Waals surface area contributed by atoms with Crippen molar-refractivity contribution in [3.63, 3.8) is 0 Å². The first-order valence-corrected chi connectivity index (χ1v) is 9.45. The molecule has 6 nitrogen and oxygen atoms in total. The molecule has 3 rings (SSSR count). The topological polar surface area (TPSA) is 69.2 Å². The van der Waals surface area contributed by atoms with Gasteiger partial charge in [-0.1, -0.05) is 6.07 Å². The van der Waals surface area contributed by atoms with Gasteiger partial charge in [0.05, 0.1) is 18.2 Å². The minimum Gasteiger partial charge on any atom is -0.493 e. The molecule has 0 saturated heterocycles. The third kappa shape index (κ3) is 5.44. The van der Waals surface area contributed by atoms with Crippen LogP contribution < -0.4 is 24.3 Å². The SMILES string of the molecule is COc1cc(CNC(C)(C)CO)cc(Br)c1OCc1ccc2c(c1)OCO2.Cl. The van der Waals surface area contributed by atoms with E-state index in [0.29, 0.717) is 24.7 Å². The van der Waals surface area contributed by atoms with E-state index >= 15 is 0 Å². The van der Waals surface area contributed by atoms with E-state index in [1.165, 1.54) is 0 Å². The number of halogens is 2. The molecular formula is C20H25BrClNO5. The number of nitrogens with one attached hydrogen (secondary N) is 1. The van der Waals surface area contributed by atoms with Crippen LogP contribution in [0.2, 0.25) is 0 Å². The molecular weight excluding hydrogens is 450 g/mol. The summed E-state index contributed by atoms with van der Waals surface area (Å²) in [4.78, 5) is 0. The first kappa shape index (κ1) is 22.6. The Kier molecular flexibility index (Phi) is 7.83. The zero-order valence-electron chi connectivity index (χ0n) is 16.1. The maximum Gasteiger partial charge on any atom is 0.231 e. The van der Waals surface area contributed by atoms with Gasteiger partial charge in [0, 0.05) is 12.1 Å². The number of benzene rings is 2. The van der Waals surface area contributed by atoms with Crippen LogP contribution in [0.1, 0.15) is 25.0 Å². The van der Waals surface area contributed by atoms with Crippen molar-refractivity contribution in [2.75, 3.05) is 20.5 Å². The lowest BCUT2D eigenvalue weighted by Crippen LogP contribution is -2.42. The Labute approximate surface area is 179 Å². The lowest BCUT2D eigenvalue weighted by molar-refractivity contribution is 0.174. The van der Waals surface area contributed by atoms with E-state index in [1.807, 2.05) is 44.2 Å². The first-order chi connectivity index (χ1) is 12.9. The fraction of sp³-hybridized carbons (Fsp3) is 0.400. The lowest BCUT2D eigenvalue weighted by Gasteiger charge is -2.24. The molecule has 8 heteroatoms.